The lowest BCUT2D eigenvalue weighted by atomic mass is 10.1. The van der Waals surface area contributed by atoms with Crippen LogP contribution < -0.4 is 5.32 Å². The molecule has 1 aromatic rings. The molecule has 0 bridgehead atoms. The number of hydrogen-bond donors (Lipinski definition) is 1. The molecule has 1 saturated carbocycles. The summed E-state index contributed by atoms with van der Waals surface area (Å²) in [7, 11) is 0. The second-order valence-electron chi connectivity index (χ2n) is 4.93. The molecule has 1 aliphatic rings. The molecule has 2 nitrogen and oxygen atoms in total. The molecule has 4 heteroatoms. The first-order chi connectivity index (χ1) is 8.63. The Kier molecular flexibility index (Phi) is 4.95. The van der Waals surface area contributed by atoms with Gasteiger partial charge in [0.25, 0.3) is 0 Å². The van der Waals surface area contributed by atoms with Crippen LogP contribution in [-0.2, 0) is 4.79 Å². The van der Waals surface area contributed by atoms with Crippen molar-refractivity contribution < 1.29 is 4.79 Å². The highest BCUT2D eigenvalue weighted by Gasteiger charge is 2.22. The van der Waals surface area contributed by atoms with Crippen molar-refractivity contribution in [1.29, 1.82) is 0 Å². The van der Waals surface area contributed by atoms with E-state index in [2.05, 4.69) is 12.2 Å². The van der Waals surface area contributed by atoms with E-state index in [0.29, 0.717) is 11.8 Å². The number of rotatable bonds is 4. The van der Waals surface area contributed by atoms with E-state index in [1.165, 1.54) is 6.42 Å². The Hall–Kier alpha value is -0.670. The molecule has 2 unspecified atom stereocenters. The lowest BCUT2D eigenvalue weighted by Crippen LogP contribution is -2.34. The van der Waals surface area contributed by atoms with E-state index >= 15 is 0 Å². The molecular weight excluding hydrogens is 266 g/mol. The Morgan fingerprint density at radius 1 is 1.39 bits per heavy atom. The van der Waals surface area contributed by atoms with Crippen LogP contribution in [0.5, 0.6) is 0 Å². The minimum absolute atomic E-state index is 0.133. The molecule has 1 N–H and O–H groups in total. The van der Waals surface area contributed by atoms with Crippen LogP contribution in [0.1, 0.15) is 26.2 Å². The van der Waals surface area contributed by atoms with Crippen LogP contribution in [0.15, 0.2) is 29.2 Å². The normalized spacial score (nSPS) is 23.0. The predicted octanol–water partition coefficient (Wildman–Crippen LogP) is 3.74. The van der Waals surface area contributed by atoms with Crippen LogP contribution in [0.3, 0.4) is 0 Å². The van der Waals surface area contributed by atoms with Gasteiger partial charge in [-0.1, -0.05) is 18.5 Å². The van der Waals surface area contributed by atoms with Crippen LogP contribution in [0.2, 0.25) is 5.02 Å². The lowest BCUT2D eigenvalue weighted by Gasteiger charge is -2.12. The Morgan fingerprint density at radius 3 is 2.72 bits per heavy atom. The number of hydrogen-bond acceptors (Lipinski definition) is 2. The first-order valence-corrected chi connectivity index (χ1v) is 7.67. The van der Waals surface area contributed by atoms with Crippen molar-refractivity contribution in [3.63, 3.8) is 0 Å². The van der Waals surface area contributed by atoms with Gasteiger partial charge in [-0.25, -0.2) is 0 Å². The van der Waals surface area contributed by atoms with Crippen molar-refractivity contribution in [2.24, 2.45) is 5.92 Å². The van der Waals surface area contributed by atoms with E-state index in [1.807, 2.05) is 24.3 Å². The number of benzene rings is 1. The fraction of sp³-hybridized carbons (Fsp3) is 0.500. The molecule has 1 fully saturated rings. The number of carbonyl (C=O) groups is 1. The Labute approximate surface area is 117 Å². The van der Waals surface area contributed by atoms with E-state index in [0.717, 1.165) is 28.7 Å². The molecule has 1 aliphatic carbocycles. The van der Waals surface area contributed by atoms with E-state index in [9.17, 15) is 4.79 Å². The smallest absolute Gasteiger partial charge is 0.230 e. The van der Waals surface area contributed by atoms with Gasteiger partial charge in [-0.05, 0) is 49.4 Å². The summed E-state index contributed by atoms with van der Waals surface area (Å²) >= 11 is 7.36. The second kappa shape index (κ2) is 6.48. The standard InChI is InChI=1S/C14H18ClNOS/c1-10-2-5-12(8-10)16-14(17)9-18-13-6-3-11(15)4-7-13/h3-4,6-7,10,12H,2,5,8-9H2,1H3,(H,16,17). The molecule has 0 radical (unpaired) electrons. The molecule has 98 valence electrons. The van der Waals surface area contributed by atoms with Crippen molar-refractivity contribution in [3.8, 4) is 0 Å². The lowest BCUT2D eigenvalue weighted by molar-refractivity contribution is -0.119. The molecular formula is C14H18ClNOS. The highest BCUT2D eigenvalue weighted by Crippen LogP contribution is 2.25. The van der Waals surface area contributed by atoms with Gasteiger partial charge in [0.2, 0.25) is 5.91 Å². The van der Waals surface area contributed by atoms with Gasteiger partial charge >= 0.3 is 0 Å². The minimum atomic E-state index is 0.133. The third-order valence-corrected chi connectivity index (χ3v) is 4.51. The van der Waals surface area contributed by atoms with Crippen LogP contribution in [0, 0.1) is 5.92 Å². The fourth-order valence-electron chi connectivity index (χ4n) is 2.29. The summed E-state index contributed by atoms with van der Waals surface area (Å²) in [5.74, 6) is 1.36. The molecule has 2 rings (SSSR count). The van der Waals surface area contributed by atoms with Crippen molar-refractivity contribution in [2.45, 2.75) is 37.1 Å². The van der Waals surface area contributed by atoms with Gasteiger partial charge in [0, 0.05) is 16.0 Å². The first kappa shape index (κ1) is 13.8. The van der Waals surface area contributed by atoms with E-state index in [-0.39, 0.29) is 5.91 Å². The van der Waals surface area contributed by atoms with E-state index in [4.69, 9.17) is 11.6 Å². The van der Waals surface area contributed by atoms with E-state index in [1.54, 1.807) is 11.8 Å². The van der Waals surface area contributed by atoms with Crippen LogP contribution in [-0.4, -0.2) is 17.7 Å². The first-order valence-electron chi connectivity index (χ1n) is 6.31. The average molecular weight is 284 g/mol. The summed E-state index contributed by atoms with van der Waals surface area (Å²) < 4.78 is 0. The molecule has 0 heterocycles. The Bertz CT molecular complexity index is 407. The van der Waals surface area contributed by atoms with Crippen LogP contribution >= 0.6 is 23.4 Å². The highest BCUT2D eigenvalue weighted by atomic mass is 35.5. The molecule has 0 aliphatic heterocycles. The number of amides is 1. The third kappa shape index (κ3) is 4.21. The zero-order chi connectivity index (χ0) is 13.0. The number of thioether (sulfide) groups is 1. The zero-order valence-corrected chi connectivity index (χ0v) is 12.1. The van der Waals surface area contributed by atoms with Crippen molar-refractivity contribution >= 4 is 29.3 Å². The maximum absolute atomic E-state index is 11.8. The largest absolute Gasteiger partial charge is 0.353 e. The zero-order valence-electron chi connectivity index (χ0n) is 10.5. The molecule has 0 saturated heterocycles. The molecule has 2 atom stereocenters. The van der Waals surface area contributed by atoms with Crippen molar-refractivity contribution in [2.75, 3.05) is 5.75 Å². The van der Waals surface area contributed by atoms with Gasteiger partial charge in [0.05, 0.1) is 5.75 Å². The Balaban J connectivity index is 1.73. The van der Waals surface area contributed by atoms with Crippen LogP contribution in [0.25, 0.3) is 0 Å². The predicted molar refractivity (Wildman–Crippen MR) is 77.1 cm³/mol. The second-order valence-corrected chi connectivity index (χ2v) is 6.41. The summed E-state index contributed by atoms with van der Waals surface area (Å²) in [5.41, 5.74) is 0. The molecule has 0 spiro atoms. The van der Waals surface area contributed by atoms with Gasteiger partial charge in [-0.15, -0.1) is 11.8 Å². The van der Waals surface area contributed by atoms with Crippen molar-refractivity contribution in [1.82, 2.24) is 5.32 Å². The van der Waals surface area contributed by atoms with Crippen LogP contribution in [0.4, 0.5) is 0 Å². The van der Waals surface area contributed by atoms with Gasteiger partial charge < -0.3 is 5.32 Å². The summed E-state index contributed by atoms with van der Waals surface area (Å²) in [5, 5.41) is 3.83. The fourth-order valence-corrected chi connectivity index (χ4v) is 3.12. The monoisotopic (exact) mass is 283 g/mol. The quantitative estimate of drug-likeness (QED) is 0.853. The molecule has 18 heavy (non-hydrogen) atoms. The highest BCUT2D eigenvalue weighted by molar-refractivity contribution is 8.00. The summed E-state index contributed by atoms with van der Waals surface area (Å²) in [4.78, 5) is 12.9. The van der Waals surface area contributed by atoms with E-state index < -0.39 is 0 Å². The SMILES string of the molecule is CC1CCC(NC(=O)CSc2ccc(Cl)cc2)C1. The maximum Gasteiger partial charge on any atom is 0.230 e. The number of halogens is 1. The average Bonchev–Trinajstić information content (AvgIpc) is 2.74. The van der Waals surface area contributed by atoms with Gasteiger partial charge in [0.15, 0.2) is 0 Å². The molecule has 0 aromatic heterocycles. The van der Waals surface area contributed by atoms with Gasteiger partial charge in [-0.2, -0.15) is 0 Å². The van der Waals surface area contributed by atoms with Gasteiger partial charge in [-0.3, -0.25) is 4.79 Å². The summed E-state index contributed by atoms with van der Waals surface area (Å²) in [6.45, 7) is 2.24. The maximum atomic E-state index is 11.8. The van der Waals surface area contributed by atoms with Crippen molar-refractivity contribution in [3.05, 3.63) is 29.3 Å². The number of nitrogens with one attached hydrogen (secondary N) is 1. The van der Waals surface area contributed by atoms with Gasteiger partial charge in [0.1, 0.15) is 0 Å². The minimum Gasteiger partial charge on any atom is -0.353 e. The topological polar surface area (TPSA) is 29.1 Å². The third-order valence-electron chi connectivity index (χ3n) is 3.24. The molecule has 1 aromatic carbocycles. The molecule has 1 amide bonds. The summed E-state index contributed by atoms with van der Waals surface area (Å²) in [6.07, 6.45) is 3.48. The number of carbonyl (C=O) groups excluding carboxylic acids is 1. The Morgan fingerprint density at radius 2 is 2.11 bits per heavy atom. The summed E-state index contributed by atoms with van der Waals surface area (Å²) in [6, 6.07) is 7.97.